The van der Waals surface area contributed by atoms with Gasteiger partial charge in [0.25, 0.3) is 0 Å². The lowest BCUT2D eigenvalue weighted by molar-refractivity contribution is -0.127. The van der Waals surface area contributed by atoms with Crippen LogP contribution in [0.25, 0.3) is 0 Å². The van der Waals surface area contributed by atoms with E-state index in [1.165, 1.54) is 0 Å². The first-order chi connectivity index (χ1) is 10.9. The van der Waals surface area contributed by atoms with Crippen molar-refractivity contribution in [2.45, 2.75) is 13.8 Å². The van der Waals surface area contributed by atoms with Crippen molar-refractivity contribution in [2.24, 2.45) is 10.9 Å². The number of hydrogen-bond donors (Lipinski definition) is 1. The maximum absolute atomic E-state index is 11.8. The van der Waals surface area contributed by atoms with Crippen LogP contribution in [0.15, 0.2) is 4.99 Å². The Morgan fingerprint density at radius 3 is 2.38 bits per heavy atom. The lowest BCUT2D eigenvalue weighted by atomic mass is 10.2. The smallest absolute Gasteiger partial charge is 0.243 e. The Labute approximate surface area is 163 Å². The minimum absolute atomic E-state index is 0. The predicted molar refractivity (Wildman–Crippen MR) is 109 cm³/mol. The monoisotopic (exact) mass is 455 g/mol. The number of carbonyl (C=O) groups is 1. The van der Waals surface area contributed by atoms with E-state index >= 15 is 0 Å². The second-order valence-electron chi connectivity index (χ2n) is 6.53. The largest absolute Gasteiger partial charge is 0.383 e. The normalized spacial score (nSPS) is 16.1. The first-order valence-corrected chi connectivity index (χ1v) is 8.38. The third kappa shape index (κ3) is 9.03. The lowest BCUT2D eigenvalue weighted by Crippen LogP contribution is -2.53. The Kier molecular flexibility index (Phi) is 12.4. The van der Waals surface area contributed by atoms with E-state index in [9.17, 15) is 4.79 Å². The van der Waals surface area contributed by atoms with Crippen molar-refractivity contribution in [1.29, 1.82) is 0 Å². The highest BCUT2D eigenvalue weighted by atomic mass is 127. The second-order valence-corrected chi connectivity index (χ2v) is 6.53. The number of aliphatic imine (C=N–C) groups is 1. The molecule has 7 nitrogen and oxygen atoms in total. The number of amides is 1. The molecule has 1 amide bonds. The van der Waals surface area contributed by atoms with Gasteiger partial charge in [-0.2, -0.15) is 0 Å². The quantitative estimate of drug-likeness (QED) is 0.263. The number of likely N-dealkylation sites (N-methyl/N-ethyl adjacent to an activating group) is 1. The molecule has 0 spiro atoms. The van der Waals surface area contributed by atoms with E-state index < -0.39 is 0 Å². The van der Waals surface area contributed by atoms with Crippen LogP contribution in [0.1, 0.15) is 13.8 Å². The standard InChI is InChI=1S/C16H33N5O2.HI/c1-14(2)13-20-7-9-21(10-8-20)16(17-6-11-23-5)18-12-15(22)19(3)4;/h14H,6-13H2,1-5H3,(H,17,18);1H. The first-order valence-electron chi connectivity index (χ1n) is 8.38. The van der Waals surface area contributed by atoms with Gasteiger partial charge in [-0.25, -0.2) is 4.99 Å². The van der Waals surface area contributed by atoms with Crippen LogP contribution in [0.4, 0.5) is 0 Å². The van der Waals surface area contributed by atoms with Gasteiger partial charge >= 0.3 is 0 Å². The van der Waals surface area contributed by atoms with Crippen LogP contribution in [0, 0.1) is 5.92 Å². The number of nitrogens with one attached hydrogen (secondary N) is 1. The number of carbonyl (C=O) groups excluding carboxylic acids is 1. The van der Waals surface area contributed by atoms with Gasteiger partial charge in [-0.3, -0.25) is 9.69 Å². The molecule has 8 heteroatoms. The highest BCUT2D eigenvalue weighted by Gasteiger charge is 2.20. The second kappa shape index (κ2) is 12.7. The first kappa shape index (κ1) is 23.4. The van der Waals surface area contributed by atoms with Gasteiger partial charge in [0.2, 0.25) is 5.91 Å². The maximum Gasteiger partial charge on any atom is 0.243 e. The molecule has 1 rings (SSSR count). The van der Waals surface area contributed by atoms with Gasteiger partial charge in [-0.05, 0) is 5.92 Å². The van der Waals surface area contributed by atoms with E-state index in [2.05, 4.69) is 34.0 Å². The van der Waals surface area contributed by atoms with Crippen LogP contribution in [0.2, 0.25) is 0 Å². The molecule has 0 aromatic heterocycles. The van der Waals surface area contributed by atoms with Crippen LogP contribution in [0.5, 0.6) is 0 Å². The number of rotatable bonds is 7. The highest BCUT2D eigenvalue weighted by molar-refractivity contribution is 14.0. The Bertz CT molecular complexity index is 383. The molecule has 0 aromatic rings. The van der Waals surface area contributed by atoms with Gasteiger partial charge in [0.1, 0.15) is 6.54 Å². The summed E-state index contributed by atoms with van der Waals surface area (Å²) >= 11 is 0. The zero-order valence-electron chi connectivity index (χ0n) is 15.7. The summed E-state index contributed by atoms with van der Waals surface area (Å²) in [6.45, 7) is 11.0. The fraction of sp³-hybridized carbons (Fsp3) is 0.875. The van der Waals surface area contributed by atoms with Crippen molar-refractivity contribution in [3.05, 3.63) is 0 Å². The summed E-state index contributed by atoms with van der Waals surface area (Å²) in [5.41, 5.74) is 0. The zero-order valence-corrected chi connectivity index (χ0v) is 18.1. The Hall–Kier alpha value is -0.610. The summed E-state index contributed by atoms with van der Waals surface area (Å²) in [6.07, 6.45) is 0. The van der Waals surface area contributed by atoms with E-state index in [1.54, 1.807) is 26.1 Å². The summed E-state index contributed by atoms with van der Waals surface area (Å²) in [5, 5.41) is 3.30. The molecular weight excluding hydrogens is 421 g/mol. The summed E-state index contributed by atoms with van der Waals surface area (Å²) in [7, 11) is 5.18. The Morgan fingerprint density at radius 1 is 1.25 bits per heavy atom. The van der Waals surface area contributed by atoms with Gasteiger partial charge in [0.15, 0.2) is 5.96 Å². The molecule has 142 valence electrons. The molecule has 0 saturated carbocycles. The van der Waals surface area contributed by atoms with Crippen molar-refractivity contribution in [3.63, 3.8) is 0 Å². The van der Waals surface area contributed by atoms with Crippen LogP contribution < -0.4 is 5.32 Å². The molecule has 24 heavy (non-hydrogen) atoms. The maximum atomic E-state index is 11.8. The van der Waals surface area contributed by atoms with E-state index in [-0.39, 0.29) is 36.4 Å². The van der Waals surface area contributed by atoms with Crippen molar-refractivity contribution in [3.8, 4) is 0 Å². The minimum atomic E-state index is 0. The average Bonchev–Trinajstić information content (AvgIpc) is 2.50. The van der Waals surface area contributed by atoms with Crippen molar-refractivity contribution < 1.29 is 9.53 Å². The minimum Gasteiger partial charge on any atom is -0.383 e. The average molecular weight is 455 g/mol. The molecule has 0 radical (unpaired) electrons. The molecule has 0 bridgehead atoms. The molecule has 1 aliphatic heterocycles. The molecule has 1 heterocycles. The van der Waals surface area contributed by atoms with Gasteiger partial charge in [0.05, 0.1) is 6.61 Å². The summed E-state index contributed by atoms with van der Waals surface area (Å²) in [6, 6.07) is 0. The van der Waals surface area contributed by atoms with Crippen molar-refractivity contribution in [2.75, 3.05) is 73.6 Å². The van der Waals surface area contributed by atoms with Crippen LogP contribution >= 0.6 is 24.0 Å². The number of piperazine rings is 1. The number of halogens is 1. The summed E-state index contributed by atoms with van der Waals surface area (Å²) < 4.78 is 5.08. The fourth-order valence-electron chi connectivity index (χ4n) is 2.48. The van der Waals surface area contributed by atoms with E-state index in [0.29, 0.717) is 19.1 Å². The van der Waals surface area contributed by atoms with Crippen molar-refractivity contribution in [1.82, 2.24) is 20.0 Å². The van der Waals surface area contributed by atoms with Gasteiger partial charge in [-0.1, -0.05) is 13.8 Å². The molecule has 0 aliphatic carbocycles. The number of hydrogen-bond acceptors (Lipinski definition) is 4. The van der Waals surface area contributed by atoms with Crippen LogP contribution in [-0.4, -0.2) is 100 Å². The number of nitrogens with zero attached hydrogens (tertiary/aromatic N) is 4. The predicted octanol–water partition coefficient (Wildman–Crippen LogP) is 0.558. The molecule has 1 saturated heterocycles. The molecule has 1 aliphatic rings. The molecule has 1 fully saturated rings. The topological polar surface area (TPSA) is 60.4 Å². The molecular formula is C16H34IN5O2. The zero-order chi connectivity index (χ0) is 17.2. The highest BCUT2D eigenvalue weighted by Crippen LogP contribution is 2.05. The van der Waals surface area contributed by atoms with E-state index in [4.69, 9.17) is 4.74 Å². The lowest BCUT2D eigenvalue weighted by Gasteiger charge is -2.37. The van der Waals surface area contributed by atoms with Crippen LogP contribution in [0.3, 0.4) is 0 Å². The summed E-state index contributed by atoms with van der Waals surface area (Å²) in [4.78, 5) is 22.5. The molecule has 1 N–H and O–H groups in total. The van der Waals surface area contributed by atoms with Gasteiger partial charge < -0.3 is 19.9 Å². The number of methoxy groups -OCH3 is 1. The van der Waals surface area contributed by atoms with Gasteiger partial charge in [0, 0.05) is 60.5 Å². The molecule has 0 atom stereocenters. The van der Waals surface area contributed by atoms with Gasteiger partial charge in [-0.15, -0.1) is 24.0 Å². The Morgan fingerprint density at radius 2 is 1.88 bits per heavy atom. The Balaban J connectivity index is 0.00000529. The van der Waals surface area contributed by atoms with Crippen LogP contribution in [-0.2, 0) is 9.53 Å². The molecule has 0 aromatic carbocycles. The fourth-order valence-corrected chi connectivity index (χ4v) is 2.48. The summed E-state index contributed by atoms with van der Waals surface area (Å²) in [5.74, 6) is 1.50. The third-order valence-electron chi connectivity index (χ3n) is 3.75. The third-order valence-corrected chi connectivity index (χ3v) is 3.75. The SMILES string of the molecule is COCCNC(=NCC(=O)N(C)C)N1CCN(CC(C)C)CC1.I. The number of guanidine groups is 1. The van der Waals surface area contributed by atoms with Crippen molar-refractivity contribution >= 4 is 35.8 Å². The number of ether oxygens (including phenoxy) is 1. The van der Waals surface area contributed by atoms with E-state index in [1.807, 2.05) is 0 Å². The molecule has 0 unspecified atom stereocenters. The van der Waals surface area contributed by atoms with E-state index in [0.717, 1.165) is 38.7 Å².